The summed E-state index contributed by atoms with van der Waals surface area (Å²) in [6.45, 7) is 15.5. The van der Waals surface area contributed by atoms with Crippen molar-refractivity contribution in [3.63, 3.8) is 0 Å². The van der Waals surface area contributed by atoms with Crippen LogP contribution >= 0.6 is 0 Å². The number of aliphatic hydroxyl groups is 11. The zero-order valence-corrected chi connectivity index (χ0v) is 51.9. The van der Waals surface area contributed by atoms with Crippen molar-refractivity contribution in [3.05, 3.63) is 23.8 Å². The molecule has 12 N–H and O–H groups in total. The Morgan fingerprint density at radius 2 is 1.26 bits per heavy atom. The predicted octanol–water partition coefficient (Wildman–Crippen LogP) is -1.10. The molecule has 0 aromatic carbocycles. The maximum absolute atomic E-state index is 14.5. The molecule has 6 saturated heterocycles. The van der Waals surface area contributed by atoms with Crippen molar-refractivity contribution < 1.29 is 135 Å². The zero-order valence-electron chi connectivity index (χ0n) is 51.1. The second-order valence-corrected chi connectivity index (χ2v) is 28.7. The number of aliphatic hydroxyl groups excluding tert-OH is 11. The van der Waals surface area contributed by atoms with E-state index in [0.29, 0.717) is 25.7 Å². The van der Waals surface area contributed by atoms with Gasteiger partial charge in [-0.2, -0.15) is 8.42 Å². The standard InChI is InChI=1S/C59H94O28S/c1-25(2)11-10-17-58(8)34-15-19-57(7)28-12-13-33-55(4,5)35(16-18-56(33,6)27(28)14-20-59(34,57)54(71)86-58)81-52-47(39(66)32(24-77-52)87-88(72,73)74)85-53-48(84-49-40(67)36(63)29(62)23-76-49)41(68)44(26(3)78-53)82-51-43(70)46(38(65)31(22-61)80-51)83-50-42(69)45(75-9)37(64)30(21-60)79-50/h12,26-27,29-53,60-70H,1,10-11,13-24H2,2-9H3,(H,72,73,74)/t26-,27+,29-,30-,31-,32-,33-,34-,35+,36+,37-,38-,39+,40-,41+,42-,43-,44-,45+,46+,47-,48-,49+,50+,51+,52+,53+,56-,57+,58+,59-/m1/s1. The summed E-state index contributed by atoms with van der Waals surface area (Å²) in [7, 11) is -4.08. The smallest absolute Gasteiger partial charge is 0.397 e. The molecule has 0 unspecified atom stereocenters. The van der Waals surface area contributed by atoms with Gasteiger partial charge >= 0.3 is 16.4 Å². The van der Waals surface area contributed by atoms with Crippen molar-refractivity contribution >= 4 is 16.4 Å². The third-order valence-corrected chi connectivity index (χ3v) is 22.6. The molecule has 4 aliphatic carbocycles. The average molecular weight is 1280 g/mol. The first-order valence-electron chi connectivity index (χ1n) is 30.9. The molecule has 10 rings (SSSR count). The van der Waals surface area contributed by atoms with Crippen LogP contribution in [0.2, 0.25) is 0 Å². The first kappa shape index (κ1) is 68.8. The lowest BCUT2D eigenvalue weighted by molar-refractivity contribution is -0.403. The Labute approximate surface area is 512 Å². The highest BCUT2D eigenvalue weighted by Gasteiger charge is 2.76. The van der Waals surface area contributed by atoms with Gasteiger partial charge in [-0.25, -0.2) is 4.18 Å². The van der Waals surface area contributed by atoms with Crippen LogP contribution in [0.25, 0.3) is 0 Å². The molecule has 0 aromatic rings. The van der Waals surface area contributed by atoms with Gasteiger partial charge in [0, 0.05) is 18.4 Å². The highest BCUT2D eigenvalue weighted by molar-refractivity contribution is 7.80. The van der Waals surface area contributed by atoms with Gasteiger partial charge in [-0.05, 0) is 108 Å². The number of hydrogen-bond acceptors (Lipinski definition) is 27. The van der Waals surface area contributed by atoms with E-state index in [1.54, 1.807) is 0 Å². The zero-order chi connectivity index (χ0) is 64.1. The van der Waals surface area contributed by atoms with Gasteiger partial charge in [0.05, 0.1) is 44.1 Å². The quantitative estimate of drug-likeness (QED) is 0.0415. The lowest BCUT2D eigenvalue weighted by Crippen LogP contribution is -2.68. The number of allylic oxidation sites excluding steroid dienone is 3. The van der Waals surface area contributed by atoms with Crippen molar-refractivity contribution in [3.8, 4) is 0 Å². The molecule has 29 heteroatoms. The topological polar surface area (TPSA) is 414 Å². The van der Waals surface area contributed by atoms with Crippen LogP contribution in [-0.4, -0.2) is 262 Å². The molecule has 0 radical (unpaired) electrons. The maximum atomic E-state index is 14.5. The van der Waals surface area contributed by atoms with Crippen LogP contribution in [0.1, 0.15) is 113 Å². The molecule has 9 fully saturated rings. The van der Waals surface area contributed by atoms with Gasteiger partial charge in [0.2, 0.25) is 0 Å². The fourth-order valence-electron chi connectivity index (χ4n) is 17.4. The van der Waals surface area contributed by atoms with E-state index >= 15 is 0 Å². The van der Waals surface area contributed by atoms with Gasteiger partial charge in [-0.15, -0.1) is 6.58 Å². The summed E-state index contributed by atoms with van der Waals surface area (Å²) in [6, 6.07) is 0. The van der Waals surface area contributed by atoms with Gasteiger partial charge in [0.15, 0.2) is 31.5 Å². The molecule has 504 valence electrons. The molecule has 1 spiro atoms. The second-order valence-electron chi connectivity index (χ2n) is 27.7. The summed E-state index contributed by atoms with van der Waals surface area (Å²) in [4.78, 5) is 14.5. The van der Waals surface area contributed by atoms with Crippen LogP contribution in [-0.2, 0) is 76.2 Å². The van der Waals surface area contributed by atoms with Crippen molar-refractivity contribution in [1.29, 1.82) is 0 Å². The van der Waals surface area contributed by atoms with Crippen LogP contribution in [0.3, 0.4) is 0 Å². The fourth-order valence-corrected chi connectivity index (χ4v) is 17.9. The lowest BCUT2D eigenvalue weighted by Gasteiger charge is -2.64. The normalized spacial score (nSPS) is 51.1. The van der Waals surface area contributed by atoms with E-state index < -0.39 is 206 Å². The highest BCUT2D eigenvalue weighted by Crippen LogP contribution is 2.76. The number of ether oxygens (including phenoxy) is 12. The molecular formula is C59H94O28S. The van der Waals surface area contributed by atoms with E-state index in [4.69, 9.17) is 61.0 Å². The SMILES string of the molecule is C=C(C)CCC[C@]1(C)OC(=O)[C@]23CC[C@H]4C(=CC[C@@H]5C(C)(C)[C@@H](O[C@@H]6OC[C@@H](OS(=O)(=O)O)[C@H](O)[C@H]6O[C@@H]6O[C@H](C)[C@@H](O[C@@H]7O[C@H](CO)[C@@H](O)[C@H](O[C@@H]8O[C@H](CO)[C@@H](O)[C@H](OC)[C@H]8O)[C@H]7O)[C@H](O)[C@H]6O[C@@H]6OC[C@@H](O)[C@H](O)[C@H]6O)CC[C@@]54C)[C@]2(C)CC[C@@H]31. The molecule has 6 heterocycles. The van der Waals surface area contributed by atoms with Crippen LogP contribution in [0.15, 0.2) is 23.8 Å². The van der Waals surface area contributed by atoms with Crippen molar-refractivity contribution in [2.45, 2.75) is 266 Å². The van der Waals surface area contributed by atoms with Crippen LogP contribution in [0, 0.1) is 39.4 Å². The molecule has 6 aliphatic heterocycles. The van der Waals surface area contributed by atoms with Gasteiger partial charge in [0.1, 0.15) is 109 Å². The monoisotopic (exact) mass is 1280 g/mol. The lowest BCUT2D eigenvalue weighted by atomic mass is 9.41. The number of fused-ring (bicyclic) bond motifs is 4. The van der Waals surface area contributed by atoms with Crippen LogP contribution in [0.4, 0.5) is 0 Å². The summed E-state index contributed by atoms with van der Waals surface area (Å²) < 4.78 is 112. The minimum atomic E-state index is -5.25. The molecule has 0 bridgehead atoms. The van der Waals surface area contributed by atoms with E-state index in [2.05, 4.69) is 47.3 Å². The van der Waals surface area contributed by atoms with E-state index in [9.17, 15) is 73.9 Å². The first-order chi connectivity index (χ1) is 41.3. The van der Waals surface area contributed by atoms with Crippen molar-refractivity contribution in [1.82, 2.24) is 0 Å². The summed E-state index contributed by atoms with van der Waals surface area (Å²) in [5.41, 5.74) is -0.0989. The Balaban J connectivity index is 0.903. The Morgan fingerprint density at radius 3 is 1.90 bits per heavy atom. The summed E-state index contributed by atoms with van der Waals surface area (Å²) in [6.07, 6.45) is -31.1. The Kier molecular flexibility index (Phi) is 20.3. The van der Waals surface area contributed by atoms with Gasteiger partial charge in [0.25, 0.3) is 0 Å². The van der Waals surface area contributed by atoms with E-state index in [1.807, 2.05) is 6.92 Å². The summed E-state index contributed by atoms with van der Waals surface area (Å²) >= 11 is 0. The highest BCUT2D eigenvalue weighted by atomic mass is 32.3. The molecule has 3 saturated carbocycles. The molecule has 0 amide bonds. The predicted molar refractivity (Wildman–Crippen MR) is 297 cm³/mol. The van der Waals surface area contributed by atoms with Crippen LogP contribution in [0.5, 0.6) is 0 Å². The summed E-state index contributed by atoms with van der Waals surface area (Å²) in [5.74, 6) is 0.132. The minimum absolute atomic E-state index is 0.00392. The third kappa shape index (κ3) is 12.0. The number of carbonyl (C=O) groups excluding carboxylic acids is 1. The maximum Gasteiger partial charge on any atom is 0.397 e. The molecular weight excluding hydrogens is 1190 g/mol. The Morgan fingerprint density at radius 1 is 0.659 bits per heavy atom. The van der Waals surface area contributed by atoms with Gasteiger partial charge < -0.3 is 113 Å². The average Bonchev–Trinajstić information content (AvgIpc) is 1.44. The van der Waals surface area contributed by atoms with E-state index in [-0.39, 0.29) is 29.1 Å². The minimum Gasteiger partial charge on any atom is -0.459 e. The number of carbonyl (C=O) groups is 1. The summed E-state index contributed by atoms with van der Waals surface area (Å²) in [5, 5.41) is 122. The third-order valence-electron chi connectivity index (χ3n) is 22.1. The Bertz CT molecular complexity index is 2620. The second kappa shape index (κ2) is 25.9. The number of methoxy groups -OCH3 is 1. The molecule has 31 atom stereocenters. The number of cyclic esters (lactones) is 1. The number of hydrogen-bond donors (Lipinski definition) is 12. The molecule has 0 aromatic heterocycles. The molecule has 28 nitrogen and oxygen atoms in total. The first-order valence-corrected chi connectivity index (χ1v) is 32.2. The van der Waals surface area contributed by atoms with Gasteiger partial charge in [-0.3, -0.25) is 9.35 Å². The largest absolute Gasteiger partial charge is 0.459 e. The van der Waals surface area contributed by atoms with E-state index in [0.717, 1.165) is 44.1 Å². The van der Waals surface area contributed by atoms with Crippen molar-refractivity contribution in [2.24, 2.45) is 39.4 Å². The molecule has 88 heavy (non-hydrogen) atoms. The van der Waals surface area contributed by atoms with Crippen molar-refractivity contribution in [2.75, 3.05) is 33.5 Å². The van der Waals surface area contributed by atoms with Crippen LogP contribution < -0.4 is 0 Å². The number of esters is 1. The number of rotatable bonds is 19. The van der Waals surface area contributed by atoms with E-state index in [1.165, 1.54) is 19.6 Å². The van der Waals surface area contributed by atoms with Gasteiger partial charge in [-0.1, -0.05) is 44.9 Å². The fraction of sp³-hybridized carbons (Fsp3) is 0.915. The molecule has 10 aliphatic rings. The Hall–Kier alpha value is -2.06.